The summed E-state index contributed by atoms with van der Waals surface area (Å²) in [6.07, 6.45) is 5.33. The first-order valence-electron chi connectivity index (χ1n) is 8.39. The van der Waals surface area contributed by atoms with Gasteiger partial charge >= 0.3 is 0 Å². The lowest BCUT2D eigenvalue weighted by atomic mass is 10.1. The van der Waals surface area contributed by atoms with Crippen molar-refractivity contribution in [3.63, 3.8) is 0 Å². The molecule has 1 aromatic heterocycles. The number of likely N-dealkylation sites (tertiary alicyclic amines) is 1. The molecule has 0 bridgehead atoms. The van der Waals surface area contributed by atoms with Crippen molar-refractivity contribution in [2.75, 3.05) is 13.1 Å². The molecule has 1 amide bonds. The molecule has 3 aromatic rings. The third-order valence-corrected chi connectivity index (χ3v) is 4.67. The van der Waals surface area contributed by atoms with Crippen LogP contribution in [0.1, 0.15) is 11.6 Å². The van der Waals surface area contributed by atoms with Gasteiger partial charge in [-0.2, -0.15) is 0 Å². The summed E-state index contributed by atoms with van der Waals surface area (Å²) >= 11 is 5.86. The van der Waals surface area contributed by atoms with Gasteiger partial charge < -0.3 is 4.90 Å². The van der Waals surface area contributed by atoms with Crippen molar-refractivity contribution < 1.29 is 4.79 Å². The minimum absolute atomic E-state index is 0.000372. The van der Waals surface area contributed by atoms with E-state index in [0.29, 0.717) is 18.1 Å². The molecule has 0 spiro atoms. The van der Waals surface area contributed by atoms with Gasteiger partial charge in [0.1, 0.15) is 5.69 Å². The van der Waals surface area contributed by atoms with E-state index >= 15 is 0 Å². The summed E-state index contributed by atoms with van der Waals surface area (Å²) in [5.74, 6) is -0.000372. The lowest BCUT2D eigenvalue weighted by Gasteiger charge is -2.38. The van der Waals surface area contributed by atoms with Crippen LogP contribution in [0.4, 0.5) is 0 Å². The second-order valence-electron chi connectivity index (χ2n) is 6.23. The number of nitrogens with zero attached hydrogens (tertiary/aromatic N) is 4. The highest BCUT2D eigenvalue weighted by Crippen LogP contribution is 2.23. The van der Waals surface area contributed by atoms with Crippen LogP contribution in [0.5, 0.6) is 0 Å². The Balaban J connectivity index is 1.34. The summed E-state index contributed by atoms with van der Waals surface area (Å²) in [5, 5.41) is 9.12. The smallest absolute Gasteiger partial charge is 0.246 e. The largest absolute Gasteiger partial charge is 0.335 e. The minimum Gasteiger partial charge on any atom is -0.335 e. The van der Waals surface area contributed by atoms with E-state index in [0.717, 1.165) is 16.8 Å². The van der Waals surface area contributed by atoms with Crippen LogP contribution in [0.3, 0.4) is 0 Å². The zero-order chi connectivity index (χ0) is 17.9. The minimum atomic E-state index is -0.000372. The van der Waals surface area contributed by atoms with Crippen LogP contribution < -0.4 is 0 Å². The molecule has 2 heterocycles. The van der Waals surface area contributed by atoms with Crippen LogP contribution in [0.15, 0.2) is 66.9 Å². The topological polar surface area (TPSA) is 51.0 Å². The number of rotatable bonds is 4. The van der Waals surface area contributed by atoms with Gasteiger partial charge in [0, 0.05) is 29.8 Å². The van der Waals surface area contributed by atoms with Crippen molar-refractivity contribution in [2.24, 2.45) is 0 Å². The van der Waals surface area contributed by atoms with E-state index in [4.69, 9.17) is 11.6 Å². The molecule has 0 unspecified atom stereocenters. The normalized spacial score (nSPS) is 14.6. The van der Waals surface area contributed by atoms with Crippen molar-refractivity contribution in [3.05, 3.63) is 77.5 Å². The fourth-order valence-corrected chi connectivity index (χ4v) is 2.97. The summed E-state index contributed by atoms with van der Waals surface area (Å²) in [7, 11) is 0. The lowest BCUT2D eigenvalue weighted by molar-refractivity contribution is -0.131. The Morgan fingerprint density at radius 1 is 1.08 bits per heavy atom. The molecule has 26 heavy (non-hydrogen) atoms. The Morgan fingerprint density at radius 3 is 2.54 bits per heavy atom. The molecule has 5 nitrogen and oxygen atoms in total. The number of halogens is 1. The number of hydrogen-bond donors (Lipinski definition) is 0. The van der Waals surface area contributed by atoms with Crippen LogP contribution in [-0.4, -0.2) is 38.9 Å². The number of carbonyl (C=O) groups is 1. The molecule has 4 rings (SSSR count). The maximum Gasteiger partial charge on any atom is 0.246 e. The quantitative estimate of drug-likeness (QED) is 0.663. The predicted octanol–water partition coefficient (Wildman–Crippen LogP) is 3.70. The highest BCUT2D eigenvalue weighted by molar-refractivity contribution is 6.30. The highest BCUT2D eigenvalue weighted by atomic mass is 35.5. The van der Waals surface area contributed by atoms with Crippen LogP contribution >= 0.6 is 11.6 Å². The Kier molecular flexibility index (Phi) is 4.54. The van der Waals surface area contributed by atoms with Gasteiger partial charge in [-0.15, -0.1) is 5.10 Å². The van der Waals surface area contributed by atoms with Crippen LogP contribution in [-0.2, 0) is 4.79 Å². The van der Waals surface area contributed by atoms with Gasteiger partial charge in [0.25, 0.3) is 0 Å². The first-order chi connectivity index (χ1) is 12.7. The van der Waals surface area contributed by atoms with E-state index in [-0.39, 0.29) is 11.9 Å². The van der Waals surface area contributed by atoms with Crippen LogP contribution in [0.2, 0.25) is 5.02 Å². The van der Waals surface area contributed by atoms with Crippen molar-refractivity contribution in [3.8, 4) is 11.3 Å². The molecule has 0 aliphatic carbocycles. The molecule has 6 heteroatoms. The summed E-state index contributed by atoms with van der Waals surface area (Å²) in [6, 6.07) is 17.5. The second kappa shape index (κ2) is 7.14. The van der Waals surface area contributed by atoms with E-state index in [1.54, 1.807) is 29.2 Å². The maximum absolute atomic E-state index is 12.2. The summed E-state index contributed by atoms with van der Waals surface area (Å²) in [5.41, 5.74) is 2.83. The van der Waals surface area contributed by atoms with E-state index in [1.807, 2.05) is 53.3 Å². The number of benzene rings is 2. The van der Waals surface area contributed by atoms with Gasteiger partial charge in [0.2, 0.25) is 5.91 Å². The average molecular weight is 365 g/mol. The van der Waals surface area contributed by atoms with Gasteiger partial charge in [-0.25, -0.2) is 4.68 Å². The van der Waals surface area contributed by atoms with Crippen LogP contribution in [0, 0.1) is 0 Å². The highest BCUT2D eigenvalue weighted by Gasteiger charge is 2.31. The zero-order valence-electron chi connectivity index (χ0n) is 14.0. The lowest BCUT2D eigenvalue weighted by Crippen LogP contribution is -2.50. The van der Waals surface area contributed by atoms with Gasteiger partial charge in [-0.3, -0.25) is 4.79 Å². The number of amides is 1. The fourth-order valence-electron chi connectivity index (χ4n) is 2.85. The maximum atomic E-state index is 12.2. The number of carbonyl (C=O) groups excluding carboxylic acids is 1. The molecule has 0 atom stereocenters. The second-order valence-corrected chi connectivity index (χ2v) is 6.67. The Bertz CT molecular complexity index is 928. The summed E-state index contributed by atoms with van der Waals surface area (Å²) in [6.45, 7) is 1.28. The molecular formula is C20H17ClN4O. The first-order valence-corrected chi connectivity index (χ1v) is 8.77. The first kappa shape index (κ1) is 16.5. The number of aromatic nitrogens is 3. The zero-order valence-corrected chi connectivity index (χ0v) is 14.8. The van der Waals surface area contributed by atoms with Crippen LogP contribution in [0.25, 0.3) is 17.3 Å². The van der Waals surface area contributed by atoms with Crippen molar-refractivity contribution in [1.29, 1.82) is 0 Å². The molecule has 0 radical (unpaired) electrons. The third kappa shape index (κ3) is 3.53. The van der Waals surface area contributed by atoms with Crippen molar-refractivity contribution >= 4 is 23.6 Å². The molecule has 130 valence electrons. The molecule has 0 N–H and O–H groups in total. The van der Waals surface area contributed by atoms with Gasteiger partial charge in [0.05, 0.1) is 12.2 Å². The van der Waals surface area contributed by atoms with Gasteiger partial charge in [-0.05, 0) is 23.8 Å². The Morgan fingerprint density at radius 2 is 1.81 bits per heavy atom. The van der Waals surface area contributed by atoms with E-state index in [2.05, 4.69) is 10.3 Å². The molecular weight excluding hydrogens is 348 g/mol. The van der Waals surface area contributed by atoms with Gasteiger partial charge in [-0.1, -0.05) is 59.3 Å². The summed E-state index contributed by atoms with van der Waals surface area (Å²) in [4.78, 5) is 14.0. The predicted molar refractivity (Wildman–Crippen MR) is 102 cm³/mol. The molecule has 1 saturated heterocycles. The van der Waals surface area contributed by atoms with E-state index in [9.17, 15) is 4.79 Å². The molecule has 1 aliphatic heterocycles. The SMILES string of the molecule is O=C(/C=C/c1ccc(Cl)cc1)N1CC(n2cc(-c3ccccc3)nn2)C1. The fraction of sp³-hybridized carbons (Fsp3) is 0.150. The van der Waals surface area contributed by atoms with Crippen molar-refractivity contribution in [2.45, 2.75) is 6.04 Å². The molecule has 1 fully saturated rings. The number of hydrogen-bond acceptors (Lipinski definition) is 3. The Hall–Kier alpha value is -2.92. The monoisotopic (exact) mass is 364 g/mol. The molecule has 1 aliphatic rings. The van der Waals surface area contributed by atoms with Gasteiger partial charge in [0.15, 0.2) is 0 Å². The van der Waals surface area contributed by atoms with E-state index in [1.165, 1.54) is 0 Å². The summed E-state index contributed by atoms with van der Waals surface area (Å²) < 4.78 is 1.84. The molecule has 2 aromatic carbocycles. The average Bonchev–Trinajstić information content (AvgIpc) is 3.10. The third-order valence-electron chi connectivity index (χ3n) is 4.42. The van der Waals surface area contributed by atoms with Crippen molar-refractivity contribution in [1.82, 2.24) is 19.9 Å². The standard InChI is InChI=1S/C20H17ClN4O/c21-17-9-6-15(7-10-17)8-11-20(26)24-12-18(13-24)25-14-19(22-23-25)16-4-2-1-3-5-16/h1-11,14,18H,12-13H2/b11-8+. The Labute approximate surface area is 156 Å². The molecule has 0 saturated carbocycles. The van der Waals surface area contributed by atoms with E-state index < -0.39 is 0 Å².